The van der Waals surface area contributed by atoms with Crippen LogP contribution >= 0.6 is 11.8 Å². The minimum absolute atomic E-state index is 0.00219. The number of nitrogens with one attached hydrogen (secondary N) is 1. The molecule has 1 N–H and O–H groups in total. The standard InChI is InChI=1S/C24H27N3O2S/c1-15-9-8-10-16(2)21(15)27-23(29)19-13-6-7-14-20(19)26-24(27)30-17(3)22(28)25-18-11-4-5-12-18/h6-10,13-14,17-18H,4-5,11-12H2,1-3H3,(H,25,28)/t17-/m0/s1. The maximum Gasteiger partial charge on any atom is 0.266 e. The Kier molecular flexibility index (Phi) is 5.95. The first kappa shape index (κ1) is 20.7. The van der Waals surface area contributed by atoms with E-state index in [1.165, 1.54) is 24.6 Å². The Bertz CT molecular complexity index is 1130. The van der Waals surface area contributed by atoms with Crippen LogP contribution < -0.4 is 10.9 Å². The lowest BCUT2D eigenvalue weighted by Gasteiger charge is -2.20. The Morgan fingerprint density at radius 3 is 2.47 bits per heavy atom. The highest BCUT2D eigenvalue weighted by Crippen LogP contribution is 2.28. The van der Waals surface area contributed by atoms with Crippen LogP contribution in [0.2, 0.25) is 0 Å². The molecule has 3 aromatic rings. The normalized spacial score (nSPS) is 15.4. The lowest BCUT2D eigenvalue weighted by atomic mass is 10.1. The van der Waals surface area contributed by atoms with Gasteiger partial charge in [-0.1, -0.05) is 54.9 Å². The van der Waals surface area contributed by atoms with Crippen LogP contribution in [0.3, 0.4) is 0 Å². The number of benzene rings is 2. The molecule has 1 amide bonds. The molecule has 0 unspecified atom stereocenters. The number of thioether (sulfide) groups is 1. The van der Waals surface area contributed by atoms with Gasteiger partial charge in [0.2, 0.25) is 5.91 Å². The van der Waals surface area contributed by atoms with Gasteiger partial charge >= 0.3 is 0 Å². The minimum atomic E-state index is -0.353. The van der Waals surface area contributed by atoms with E-state index in [-0.39, 0.29) is 22.8 Å². The summed E-state index contributed by atoms with van der Waals surface area (Å²) in [4.78, 5) is 31.1. The third kappa shape index (κ3) is 4.01. The number of aryl methyl sites for hydroxylation is 2. The first-order chi connectivity index (χ1) is 14.5. The zero-order chi connectivity index (χ0) is 21.3. The summed E-state index contributed by atoms with van der Waals surface area (Å²) >= 11 is 1.34. The van der Waals surface area contributed by atoms with Gasteiger partial charge in [0.15, 0.2) is 5.16 Å². The largest absolute Gasteiger partial charge is 0.352 e. The fourth-order valence-corrected chi connectivity index (χ4v) is 5.07. The Balaban J connectivity index is 1.78. The summed E-state index contributed by atoms with van der Waals surface area (Å²) in [6.07, 6.45) is 4.44. The van der Waals surface area contributed by atoms with Crippen molar-refractivity contribution in [2.75, 3.05) is 0 Å². The van der Waals surface area contributed by atoms with E-state index in [0.717, 1.165) is 29.7 Å². The number of carbonyl (C=O) groups is 1. The number of aromatic nitrogens is 2. The summed E-state index contributed by atoms with van der Waals surface area (Å²) in [5, 5.41) is 3.93. The molecule has 0 radical (unpaired) electrons. The number of para-hydroxylation sites is 2. The smallest absolute Gasteiger partial charge is 0.266 e. The molecule has 30 heavy (non-hydrogen) atoms. The number of carbonyl (C=O) groups excluding carboxylic acids is 1. The predicted octanol–water partition coefficient (Wildman–Crippen LogP) is 4.54. The summed E-state index contributed by atoms with van der Waals surface area (Å²) < 4.78 is 1.68. The zero-order valence-electron chi connectivity index (χ0n) is 17.6. The highest BCUT2D eigenvalue weighted by Gasteiger charge is 2.24. The van der Waals surface area contributed by atoms with Gasteiger partial charge in [-0.25, -0.2) is 4.98 Å². The van der Waals surface area contributed by atoms with Gasteiger partial charge in [-0.15, -0.1) is 0 Å². The topological polar surface area (TPSA) is 64.0 Å². The van der Waals surface area contributed by atoms with E-state index in [0.29, 0.717) is 16.1 Å². The van der Waals surface area contributed by atoms with Crippen LogP contribution in [0.15, 0.2) is 52.4 Å². The van der Waals surface area contributed by atoms with Crippen molar-refractivity contribution in [3.8, 4) is 5.69 Å². The van der Waals surface area contributed by atoms with Crippen molar-refractivity contribution in [1.29, 1.82) is 0 Å². The van der Waals surface area contributed by atoms with Gasteiger partial charge in [0, 0.05) is 6.04 Å². The molecule has 1 aliphatic rings. The van der Waals surface area contributed by atoms with E-state index in [4.69, 9.17) is 4.98 Å². The molecular weight excluding hydrogens is 394 g/mol. The molecule has 4 rings (SSSR count). The van der Waals surface area contributed by atoms with Crippen LogP contribution in [0, 0.1) is 13.8 Å². The Labute approximate surface area is 180 Å². The highest BCUT2D eigenvalue weighted by atomic mass is 32.2. The molecule has 0 aliphatic heterocycles. The maximum atomic E-state index is 13.5. The van der Waals surface area contributed by atoms with Crippen molar-refractivity contribution >= 4 is 28.6 Å². The molecule has 1 heterocycles. The fourth-order valence-electron chi connectivity index (χ4n) is 4.15. The molecule has 1 fully saturated rings. The predicted molar refractivity (Wildman–Crippen MR) is 123 cm³/mol. The van der Waals surface area contributed by atoms with E-state index in [1.807, 2.05) is 57.2 Å². The van der Waals surface area contributed by atoms with E-state index < -0.39 is 0 Å². The van der Waals surface area contributed by atoms with Crippen LogP contribution in [0.1, 0.15) is 43.7 Å². The minimum Gasteiger partial charge on any atom is -0.352 e. The molecule has 0 bridgehead atoms. The SMILES string of the molecule is Cc1cccc(C)c1-n1c(S[C@@H](C)C(=O)NC2CCCC2)nc2ccccc2c1=O. The molecule has 1 aromatic heterocycles. The molecule has 1 aliphatic carbocycles. The van der Waals surface area contributed by atoms with Crippen molar-refractivity contribution in [3.05, 3.63) is 63.9 Å². The van der Waals surface area contributed by atoms with Gasteiger partial charge in [0.1, 0.15) is 0 Å². The van der Waals surface area contributed by atoms with Gasteiger partial charge < -0.3 is 5.32 Å². The summed E-state index contributed by atoms with van der Waals surface area (Å²) in [6.45, 7) is 5.87. The zero-order valence-corrected chi connectivity index (χ0v) is 18.5. The van der Waals surface area contributed by atoms with Gasteiger partial charge in [0.05, 0.1) is 21.8 Å². The second-order valence-corrected chi connectivity index (χ2v) is 9.35. The molecule has 1 saturated carbocycles. The second-order valence-electron chi connectivity index (χ2n) is 8.04. The number of nitrogens with zero attached hydrogens (tertiary/aromatic N) is 2. The van der Waals surface area contributed by atoms with Crippen molar-refractivity contribution in [1.82, 2.24) is 14.9 Å². The van der Waals surface area contributed by atoms with Gasteiger partial charge in [-0.2, -0.15) is 0 Å². The van der Waals surface area contributed by atoms with Crippen LogP contribution in [-0.4, -0.2) is 26.8 Å². The highest BCUT2D eigenvalue weighted by molar-refractivity contribution is 8.00. The summed E-state index contributed by atoms with van der Waals surface area (Å²) in [6, 6.07) is 13.6. The molecule has 1 atom stereocenters. The Morgan fingerprint density at radius 2 is 1.77 bits per heavy atom. The van der Waals surface area contributed by atoms with Crippen molar-refractivity contribution in [2.24, 2.45) is 0 Å². The number of amides is 1. The van der Waals surface area contributed by atoms with Gasteiger partial charge in [-0.3, -0.25) is 14.2 Å². The monoisotopic (exact) mass is 421 g/mol. The summed E-state index contributed by atoms with van der Waals surface area (Å²) in [5.74, 6) is 0.00219. The van der Waals surface area contributed by atoms with E-state index in [9.17, 15) is 9.59 Å². The van der Waals surface area contributed by atoms with Gasteiger partial charge in [0.25, 0.3) is 5.56 Å². The van der Waals surface area contributed by atoms with E-state index in [2.05, 4.69) is 5.32 Å². The molecule has 6 heteroatoms. The van der Waals surface area contributed by atoms with Crippen LogP contribution in [-0.2, 0) is 4.79 Å². The molecule has 5 nitrogen and oxygen atoms in total. The quantitative estimate of drug-likeness (QED) is 0.485. The van der Waals surface area contributed by atoms with E-state index in [1.54, 1.807) is 10.6 Å². The first-order valence-corrected chi connectivity index (χ1v) is 11.4. The number of fused-ring (bicyclic) bond motifs is 1. The first-order valence-electron chi connectivity index (χ1n) is 10.5. The van der Waals surface area contributed by atoms with Crippen LogP contribution in [0.25, 0.3) is 16.6 Å². The van der Waals surface area contributed by atoms with Gasteiger partial charge in [-0.05, 0) is 56.9 Å². The molecular formula is C24H27N3O2S. The second kappa shape index (κ2) is 8.64. The third-order valence-electron chi connectivity index (χ3n) is 5.76. The van der Waals surface area contributed by atoms with Crippen molar-refractivity contribution in [3.63, 3.8) is 0 Å². The van der Waals surface area contributed by atoms with Crippen molar-refractivity contribution < 1.29 is 4.79 Å². The maximum absolute atomic E-state index is 13.5. The molecule has 0 spiro atoms. The molecule has 0 saturated heterocycles. The van der Waals surface area contributed by atoms with Crippen LogP contribution in [0.4, 0.5) is 0 Å². The third-order valence-corrected chi connectivity index (χ3v) is 6.81. The average Bonchev–Trinajstić information content (AvgIpc) is 3.23. The average molecular weight is 422 g/mol. The van der Waals surface area contributed by atoms with Crippen molar-refractivity contribution in [2.45, 2.75) is 62.9 Å². The lowest BCUT2D eigenvalue weighted by molar-refractivity contribution is -0.120. The Morgan fingerprint density at radius 1 is 1.10 bits per heavy atom. The summed E-state index contributed by atoms with van der Waals surface area (Å²) in [7, 11) is 0. The Hall–Kier alpha value is -2.60. The number of rotatable bonds is 5. The molecule has 2 aromatic carbocycles. The summed E-state index contributed by atoms with van der Waals surface area (Å²) in [5.41, 5.74) is 3.38. The molecule has 156 valence electrons. The lowest BCUT2D eigenvalue weighted by Crippen LogP contribution is -2.38. The number of hydrogen-bond donors (Lipinski definition) is 1. The fraction of sp³-hybridized carbons (Fsp3) is 0.375. The van der Waals surface area contributed by atoms with Crippen LogP contribution in [0.5, 0.6) is 0 Å². The van der Waals surface area contributed by atoms with E-state index >= 15 is 0 Å². The number of hydrogen-bond acceptors (Lipinski definition) is 4.